The molecule has 1 saturated heterocycles. The zero-order chi connectivity index (χ0) is 14.2. The van der Waals surface area contributed by atoms with E-state index in [1.165, 1.54) is 30.5 Å². The van der Waals surface area contributed by atoms with Crippen molar-refractivity contribution in [2.24, 2.45) is 5.92 Å². The van der Waals surface area contributed by atoms with Crippen LogP contribution in [0.15, 0.2) is 18.3 Å². The van der Waals surface area contributed by atoms with Crippen molar-refractivity contribution in [1.82, 2.24) is 15.2 Å². The first kappa shape index (κ1) is 14.0. The molecule has 2 aliphatic rings. The average Bonchev–Trinajstić information content (AvgIpc) is 3.28. The van der Waals surface area contributed by atoms with Gasteiger partial charge in [-0.05, 0) is 50.7 Å². The molecule has 0 radical (unpaired) electrons. The van der Waals surface area contributed by atoms with E-state index in [9.17, 15) is 0 Å². The van der Waals surface area contributed by atoms with E-state index in [-0.39, 0.29) is 0 Å². The summed E-state index contributed by atoms with van der Waals surface area (Å²) in [7, 11) is 0. The maximum atomic E-state index is 4.61. The van der Waals surface area contributed by atoms with E-state index in [2.05, 4.69) is 42.0 Å². The Bertz CT molecular complexity index is 469. The highest BCUT2D eigenvalue weighted by Crippen LogP contribution is 2.44. The van der Waals surface area contributed by atoms with Crippen molar-refractivity contribution in [3.05, 3.63) is 29.6 Å². The second-order valence-corrected chi connectivity index (χ2v) is 6.77. The van der Waals surface area contributed by atoms with Crippen LogP contribution in [0.4, 0.5) is 0 Å². The molecule has 20 heavy (non-hydrogen) atoms. The first-order valence-electron chi connectivity index (χ1n) is 8.02. The quantitative estimate of drug-likeness (QED) is 0.914. The lowest BCUT2D eigenvalue weighted by atomic mass is 9.88. The Morgan fingerprint density at radius 1 is 1.45 bits per heavy atom. The van der Waals surface area contributed by atoms with Crippen molar-refractivity contribution in [2.75, 3.05) is 13.1 Å². The molecule has 2 heterocycles. The van der Waals surface area contributed by atoms with Gasteiger partial charge in [-0.25, -0.2) is 0 Å². The summed E-state index contributed by atoms with van der Waals surface area (Å²) in [5.74, 6) is 0.872. The van der Waals surface area contributed by atoms with E-state index in [1.54, 1.807) is 0 Å². The molecule has 2 unspecified atom stereocenters. The van der Waals surface area contributed by atoms with E-state index in [4.69, 9.17) is 0 Å². The average molecular weight is 273 g/mol. The molecule has 3 heteroatoms. The highest BCUT2D eigenvalue weighted by atomic mass is 15.3. The normalized spacial score (nSPS) is 31.4. The van der Waals surface area contributed by atoms with E-state index in [0.29, 0.717) is 11.6 Å². The van der Waals surface area contributed by atoms with Crippen LogP contribution < -0.4 is 5.32 Å². The Balaban J connectivity index is 1.81. The van der Waals surface area contributed by atoms with Crippen LogP contribution in [0.25, 0.3) is 0 Å². The SMILES string of the molecule is CCC1CN(Cc2ncccc2C)C(C)(C2CC2)CN1. The summed E-state index contributed by atoms with van der Waals surface area (Å²) in [6.07, 6.45) is 5.92. The van der Waals surface area contributed by atoms with Crippen LogP contribution in [-0.4, -0.2) is 34.6 Å². The van der Waals surface area contributed by atoms with Crippen LogP contribution in [0.1, 0.15) is 44.4 Å². The van der Waals surface area contributed by atoms with Gasteiger partial charge in [-0.15, -0.1) is 0 Å². The Labute approximate surface area is 122 Å². The standard InChI is InChI=1S/C17H27N3/c1-4-15-10-20(11-16-13(2)6-5-9-18-16)17(3,12-19-15)14-7-8-14/h5-6,9,14-15,19H,4,7-8,10-12H2,1-3H3. The van der Waals surface area contributed by atoms with Crippen molar-refractivity contribution < 1.29 is 0 Å². The van der Waals surface area contributed by atoms with Gasteiger partial charge in [-0.2, -0.15) is 0 Å². The topological polar surface area (TPSA) is 28.2 Å². The summed E-state index contributed by atoms with van der Waals surface area (Å²) in [6.45, 7) is 10.2. The molecule has 0 amide bonds. The summed E-state index contributed by atoms with van der Waals surface area (Å²) >= 11 is 0. The van der Waals surface area contributed by atoms with E-state index >= 15 is 0 Å². The molecular weight excluding hydrogens is 246 g/mol. The molecule has 0 aromatic carbocycles. The Morgan fingerprint density at radius 3 is 2.90 bits per heavy atom. The van der Waals surface area contributed by atoms with Crippen LogP contribution in [0.5, 0.6) is 0 Å². The summed E-state index contributed by atoms with van der Waals surface area (Å²) in [4.78, 5) is 7.31. The van der Waals surface area contributed by atoms with Gasteiger partial charge in [0.2, 0.25) is 0 Å². The second kappa shape index (κ2) is 5.45. The first-order valence-corrected chi connectivity index (χ1v) is 8.02. The van der Waals surface area contributed by atoms with Crippen LogP contribution in [-0.2, 0) is 6.54 Å². The minimum atomic E-state index is 0.315. The predicted molar refractivity (Wildman–Crippen MR) is 82.6 cm³/mol. The van der Waals surface area contributed by atoms with Gasteiger partial charge in [-0.3, -0.25) is 9.88 Å². The Hall–Kier alpha value is -0.930. The highest BCUT2D eigenvalue weighted by molar-refractivity contribution is 5.18. The molecular formula is C17H27N3. The molecule has 1 N–H and O–H groups in total. The molecule has 0 spiro atoms. The fraction of sp³-hybridized carbons (Fsp3) is 0.706. The van der Waals surface area contributed by atoms with E-state index < -0.39 is 0 Å². The largest absolute Gasteiger partial charge is 0.311 e. The lowest BCUT2D eigenvalue weighted by Crippen LogP contribution is -2.63. The third kappa shape index (κ3) is 2.61. The molecule has 2 fully saturated rings. The third-order valence-corrected chi connectivity index (χ3v) is 5.32. The molecule has 1 saturated carbocycles. The molecule has 1 aliphatic heterocycles. The van der Waals surface area contributed by atoms with Crippen molar-refractivity contribution in [3.63, 3.8) is 0 Å². The number of nitrogens with one attached hydrogen (secondary N) is 1. The highest BCUT2D eigenvalue weighted by Gasteiger charge is 2.48. The lowest BCUT2D eigenvalue weighted by molar-refractivity contribution is 0.0259. The molecule has 3 rings (SSSR count). The Kier molecular flexibility index (Phi) is 3.83. The molecule has 2 atom stereocenters. The summed E-state index contributed by atoms with van der Waals surface area (Å²) in [5, 5.41) is 3.75. The van der Waals surface area contributed by atoms with Crippen molar-refractivity contribution in [1.29, 1.82) is 0 Å². The summed E-state index contributed by atoms with van der Waals surface area (Å²) in [5.41, 5.74) is 2.88. The lowest BCUT2D eigenvalue weighted by Gasteiger charge is -2.48. The molecule has 1 aliphatic carbocycles. The number of aryl methyl sites for hydroxylation is 1. The van der Waals surface area contributed by atoms with Gasteiger partial charge in [0.25, 0.3) is 0 Å². The van der Waals surface area contributed by atoms with E-state index in [1.807, 2.05) is 12.3 Å². The van der Waals surface area contributed by atoms with Crippen molar-refractivity contribution >= 4 is 0 Å². The number of hydrogen-bond donors (Lipinski definition) is 1. The molecule has 3 nitrogen and oxygen atoms in total. The van der Waals surface area contributed by atoms with Crippen LogP contribution in [0.2, 0.25) is 0 Å². The smallest absolute Gasteiger partial charge is 0.0573 e. The maximum absolute atomic E-state index is 4.61. The van der Waals surface area contributed by atoms with Crippen LogP contribution in [0, 0.1) is 12.8 Å². The zero-order valence-corrected chi connectivity index (χ0v) is 13.0. The molecule has 110 valence electrons. The number of rotatable bonds is 4. The number of hydrogen-bond acceptors (Lipinski definition) is 3. The molecule has 0 bridgehead atoms. The van der Waals surface area contributed by atoms with Gasteiger partial charge in [0.05, 0.1) is 5.69 Å². The van der Waals surface area contributed by atoms with Gasteiger partial charge in [0.15, 0.2) is 0 Å². The molecule has 1 aromatic rings. The van der Waals surface area contributed by atoms with Gasteiger partial charge < -0.3 is 5.32 Å². The van der Waals surface area contributed by atoms with Crippen LogP contribution >= 0.6 is 0 Å². The summed E-state index contributed by atoms with van der Waals surface area (Å²) < 4.78 is 0. The van der Waals surface area contributed by atoms with Gasteiger partial charge in [-0.1, -0.05) is 13.0 Å². The van der Waals surface area contributed by atoms with E-state index in [0.717, 1.165) is 25.6 Å². The molecule has 1 aromatic heterocycles. The monoisotopic (exact) mass is 273 g/mol. The fourth-order valence-electron chi connectivity index (χ4n) is 3.49. The number of pyridine rings is 1. The van der Waals surface area contributed by atoms with Gasteiger partial charge >= 0.3 is 0 Å². The summed E-state index contributed by atoms with van der Waals surface area (Å²) in [6, 6.07) is 4.84. The maximum Gasteiger partial charge on any atom is 0.0573 e. The van der Waals surface area contributed by atoms with Crippen molar-refractivity contribution in [2.45, 2.75) is 58.2 Å². The third-order valence-electron chi connectivity index (χ3n) is 5.32. The van der Waals surface area contributed by atoms with Gasteiger partial charge in [0, 0.05) is 37.4 Å². The number of aromatic nitrogens is 1. The second-order valence-electron chi connectivity index (χ2n) is 6.77. The minimum Gasteiger partial charge on any atom is -0.311 e. The van der Waals surface area contributed by atoms with Crippen LogP contribution in [0.3, 0.4) is 0 Å². The first-order chi connectivity index (χ1) is 9.63. The number of piperazine rings is 1. The minimum absolute atomic E-state index is 0.315. The zero-order valence-electron chi connectivity index (χ0n) is 13.0. The Morgan fingerprint density at radius 2 is 2.25 bits per heavy atom. The fourth-order valence-corrected chi connectivity index (χ4v) is 3.49. The number of nitrogens with zero attached hydrogens (tertiary/aromatic N) is 2. The predicted octanol–water partition coefficient (Wildman–Crippen LogP) is 2.74. The van der Waals surface area contributed by atoms with Gasteiger partial charge in [0.1, 0.15) is 0 Å². The van der Waals surface area contributed by atoms with Crippen molar-refractivity contribution in [3.8, 4) is 0 Å².